The summed E-state index contributed by atoms with van der Waals surface area (Å²) in [5, 5.41) is 13.3. The molecule has 5 heteroatoms. The van der Waals surface area contributed by atoms with Crippen LogP contribution in [0.25, 0.3) is 0 Å². The van der Waals surface area contributed by atoms with E-state index in [-0.39, 0.29) is 5.91 Å². The molecule has 2 N–H and O–H groups in total. The Morgan fingerprint density at radius 1 is 1.32 bits per heavy atom. The maximum absolute atomic E-state index is 12.0. The van der Waals surface area contributed by atoms with Crippen LogP contribution in [0.4, 0.5) is 5.69 Å². The summed E-state index contributed by atoms with van der Waals surface area (Å²) in [6.45, 7) is 7.06. The van der Waals surface area contributed by atoms with Crippen molar-refractivity contribution >= 4 is 23.4 Å². The van der Waals surface area contributed by atoms with Crippen molar-refractivity contribution in [2.24, 2.45) is 0 Å². The van der Waals surface area contributed by atoms with Crippen molar-refractivity contribution in [1.29, 1.82) is 0 Å². The van der Waals surface area contributed by atoms with Gasteiger partial charge in [-0.1, -0.05) is 32.0 Å². The van der Waals surface area contributed by atoms with Gasteiger partial charge in [0, 0.05) is 23.5 Å². The van der Waals surface area contributed by atoms with Crippen LogP contribution in [0, 0.1) is 0 Å². The van der Waals surface area contributed by atoms with Crippen molar-refractivity contribution in [2.75, 3.05) is 30.7 Å². The van der Waals surface area contributed by atoms with Gasteiger partial charge in [0.2, 0.25) is 4.93 Å². The van der Waals surface area contributed by atoms with Crippen LogP contribution in [0.3, 0.4) is 0 Å². The molecule has 2 rings (SSSR count). The third kappa shape index (κ3) is 2.78. The summed E-state index contributed by atoms with van der Waals surface area (Å²) in [5.41, 5.74) is 1.38. The normalized spacial score (nSPS) is 21.6. The van der Waals surface area contributed by atoms with Gasteiger partial charge in [0.15, 0.2) is 0 Å². The monoisotopic (exact) mass is 280 g/mol. The van der Waals surface area contributed by atoms with Crippen LogP contribution in [0.2, 0.25) is 0 Å². The first-order valence-electron chi connectivity index (χ1n) is 6.61. The molecule has 104 valence electrons. The largest absolute Gasteiger partial charge is 0.367 e. The molecule has 1 aromatic rings. The molecule has 0 saturated carbocycles. The number of carbonyl (C=O) groups is 1. The molecule has 1 amide bonds. The van der Waals surface area contributed by atoms with Crippen LogP contribution in [-0.4, -0.2) is 41.3 Å². The highest BCUT2D eigenvalue weighted by Gasteiger charge is 2.45. The number of benzene rings is 1. The third-order valence-corrected chi connectivity index (χ3v) is 4.67. The van der Waals surface area contributed by atoms with Crippen LogP contribution >= 0.6 is 11.8 Å². The highest BCUT2D eigenvalue weighted by atomic mass is 32.2. The molecule has 1 aromatic carbocycles. The zero-order chi connectivity index (χ0) is 13.9. The third-order valence-electron chi connectivity index (χ3n) is 3.46. The second kappa shape index (κ2) is 5.94. The summed E-state index contributed by atoms with van der Waals surface area (Å²) in [6.07, 6.45) is 0. The molecular weight excluding hydrogens is 260 g/mol. The quantitative estimate of drug-likeness (QED) is 0.781. The highest BCUT2D eigenvalue weighted by molar-refractivity contribution is 8.00. The second-order valence-electron chi connectivity index (χ2n) is 4.52. The Balaban J connectivity index is 2.04. The number of carbonyl (C=O) groups excluding carboxylic acids is 1. The Labute approximate surface area is 118 Å². The lowest BCUT2D eigenvalue weighted by Crippen LogP contribution is -2.33. The molecule has 4 nitrogen and oxygen atoms in total. The van der Waals surface area contributed by atoms with Crippen LogP contribution in [0.15, 0.2) is 24.3 Å². The molecule has 0 spiro atoms. The number of hydrogen-bond donors (Lipinski definition) is 2. The predicted octanol–water partition coefficient (Wildman–Crippen LogP) is 1.86. The van der Waals surface area contributed by atoms with Crippen molar-refractivity contribution in [3.05, 3.63) is 29.8 Å². The van der Waals surface area contributed by atoms with Gasteiger partial charge in [-0.15, -0.1) is 11.8 Å². The lowest BCUT2D eigenvalue weighted by atomic mass is 10.1. The maximum Gasteiger partial charge on any atom is 0.271 e. The highest BCUT2D eigenvalue weighted by Crippen LogP contribution is 2.43. The predicted molar refractivity (Wildman–Crippen MR) is 79.2 cm³/mol. The Kier molecular flexibility index (Phi) is 4.50. The Bertz CT molecular complexity index is 463. The number of aliphatic hydroxyl groups is 1. The fourth-order valence-electron chi connectivity index (χ4n) is 2.22. The van der Waals surface area contributed by atoms with E-state index in [0.29, 0.717) is 11.3 Å². The Morgan fingerprint density at radius 2 is 2.00 bits per heavy atom. The molecule has 1 heterocycles. The molecule has 0 bridgehead atoms. The van der Waals surface area contributed by atoms with E-state index in [0.717, 1.165) is 25.4 Å². The van der Waals surface area contributed by atoms with E-state index >= 15 is 0 Å². The van der Waals surface area contributed by atoms with Gasteiger partial charge < -0.3 is 15.3 Å². The molecule has 0 saturated heterocycles. The minimum atomic E-state index is -1.44. The van der Waals surface area contributed by atoms with Gasteiger partial charge in [-0.05, 0) is 19.2 Å². The number of para-hydroxylation sites is 1. The van der Waals surface area contributed by atoms with E-state index in [2.05, 4.69) is 24.1 Å². The zero-order valence-corrected chi connectivity index (χ0v) is 12.2. The van der Waals surface area contributed by atoms with Crippen molar-refractivity contribution < 1.29 is 9.90 Å². The smallest absolute Gasteiger partial charge is 0.271 e. The number of thioether (sulfide) groups is 1. The topological polar surface area (TPSA) is 52.6 Å². The number of nitrogens with one attached hydrogen (secondary N) is 1. The summed E-state index contributed by atoms with van der Waals surface area (Å²) in [6, 6.07) is 7.31. The second-order valence-corrected chi connectivity index (χ2v) is 5.81. The first-order valence-corrected chi connectivity index (χ1v) is 7.60. The van der Waals surface area contributed by atoms with Gasteiger partial charge in [0.25, 0.3) is 5.91 Å². The van der Waals surface area contributed by atoms with Gasteiger partial charge in [-0.3, -0.25) is 4.79 Å². The number of nitrogens with zero attached hydrogens (tertiary/aromatic N) is 1. The van der Waals surface area contributed by atoms with Gasteiger partial charge in [-0.25, -0.2) is 0 Å². The molecule has 1 aliphatic rings. The molecule has 0 aliphatic carbocycles. The lowest BCUT2D eigenvalue weighted by molar-refractivity contribution is -0.125. The van der Waals surface area contributed by atoms with E-state index in [1.165, 1.54) is 11.8 Å². The average molecular weight is 280 g/mol. The number of anilines is 1. The van der Waals surface area contributed by atoms with E-state index < -0.39 is 4.93 Å². The lowest BCUT2D eigenvalue weighted by Gasteiger charge is -2.23. The van der Waals surface area contributed by atoms with Gasteiger partial charge in [-0.2, -0.15) is 0 Å². The van der Waals surface area contributed by atoms with Crippen LogP contribution in [0.5, 0.6) is 0 Å². The number of amides is 1. The molecule has 0 fully saturated rings. The fraction of sp³-hybridized carbons (Fsp3) is 0.500. The number of hydrogen-bond acceptors (Lipinski definition) is 4. The summed E-state index contributed by atoms with van der Waals surface area (Å²) < 4.78 is 0. The van der Waals surface area contributed by atoms with E-state index in [9.17, 15) is 9.90 Å². The van der Waals surface area contributed by atoms with E-state index in [1.807, 2.05) is 18.2 Å². The van der Waals surface area contributed by atoms with E-state index in [4.69, 9.17) is 0 Å². The van der Waals surface area contributed by atoms with E-state index in [1.54, 1.807) is 6.07 Å². The zero-order valence-electron chi connectivity index (χ0n) is 11.3. The standard InChI is InChI=1S/C14H20N2O2S/c1-3-16(4-2)9-10-19-14(18)11-7-5-6-8-12(11)15-13(14)17/h5-8,18H,3-4,9-10H2,1-2H3,(H,15,17). The molecule has 1 atom stereocenters. The summed E-state index contributed by atoms with van der Waals surface area (Å²) in [7, 11) is 0. The summed E-state index contributed by atoms with van der Waals surface area (Å²) in [5.74, 6) is 0.387. The maximum atomic E-state index is 12.0. The number of rotatable bonds is 6. The average Bonchev–Trinajstić information content (AvgIpc) is 2.68. The van der Waals surface area contributed by atoms with Crippen molar-refractivity contribution in [1.82, 2.24) is 4.90 Å². The van der Waals surface area contributed by atoms with Crippen LogP contribution < -0.4 is 5.32 Å². The fourth-order valence-corrected chi connectivity index (χ4v) is 3.38. The van der Waals surface area contributed by atoms with Crippen molar-refractivity contribution in [2.45, 2.75) is 18.8 Å². The molecule has 0 radical (unpaired) electrons. The Hall–Kier alpha value is -1.04. The van der Waals surface area contributed by atoms with Gasteiger partial charge in [0.1, 0.15) is 0 Å². The summed E-state index contributed by atoms with van der Waals surface area (Å²) >= 11 is 1.30. The van der Waals surface area contributed by atoms with Gasteiger partial charge in [0.05, 0.1) is 0 Å². The molecular formula is C14H20N2O2S. The SMILES string of the molecule is CCN(CC)CCSC1(O)C(=O)Nc2ccccc21. The molecule has 1 unspecified atom stereocenters. The molecule has 0 aromatic heterocycles. The van der Waals surface area contributed by atoms with Crippen molar-refractivity contribution in [3.8, 4) is 0 Å². The minimum Gasteiger partial charge on any atom is -0.367 e. The number of fused-ring (bicyclic) bond motifs is 1. The van der Waals surface area contributed by atoms with Gasteiger partial charge >= 0.3 is 0 Å². The molecule has 19 heavy (non-hydrogen) atoms. The summed E-state index contributed by atoms with van der Waals surface area (Å²) in [4.78, 5) is 12.8. The van der Waals surface area contributed by atoms with Crippen molar-refractivity contribution in [3.63, 3.8) is 0 Å². The first kappa shape index (κ1) is 14.4. The van der Waals surface area contributed by atoms with Crippen LogP contribution in [0.1, 0.15) is 19.4 Å². The minimum absolute atomic E-state index is 0.335. The van der Waals surface area contributed by atoms with Crippen LogP contribution in [-0.2, 0) is 9.73 Å². The first-order chi connectivity index (χ1) is 9.11. The Morgan fingerprint density at radius 3 is 2.68 bits per heavy atom. The molecule has 1 aliphatic heterocycles.